The molecule has 0 bridgehead atoms. The summed E-state index contributed by atoms with van der Waals surface area (Å²) >= 11 is 0. The van der Waals surface area contributed by atoms with Gasteiger partial charge < -0.3 is 14.8 Å². The first-order valence-corrected chi connectivity index (χ1v) is 8.43. The van der Waals surface area contributed by atoms with Crippen molar-refractivity contribution in [2.75, 3.05) is 14.2 Å². The Labute approximate surface area is 133 Å². The van der Waals surface area contributed by atoms with Crippen molar-refractivity contribution in [3.63, 3.8) is 0 Å². The van der Waals surface area contributed by atoms with Crippen LogP contribution in [0, 0.1) is 0 Å². The maximum Gasteiger partial charge on any atom is 0.161 e. The molecule has 1 aliphatic heterocycles. The number of ether oxygens (including phenoxy) is 2. The van der Waals surface area contributed by atoms with Crippen LogP contribution in [0.15, 0.2) is 24.8 Å². The molecular weight excluding hydrogens is 274 g/mol. The van der Waals surface area contributed by atoms with E-state index in [9.17, 15) is 0 Å². The van der Waals surface area contributed by atoms with E-state index in [0.29, 0.717) is 11.6 Å². The maximum absolute atomic E-state index is 5.52. The lowest BCUT2D eigenvalue weighted by Crippen LogP contribution is -2.99. The Morgan fingerprint density at radius 1 is 1.18 bits per heavy atom. The van der Waals surface area contributed by atoms with E-state index < -0.39 is 0 Å². The molecule has 1 unspecified atom stereocenters. The van der Waals surface area contributed by atoms with Crippen LogP contribution in [-0.2, 0) is 6.42 Å². The molecule has 1 saturated carbocycles. The van der Waals surface area contributed by atoms with Gasteiger partial charge in [-0.1, -0.05) is 12.5 Å². The molecule has 1 heterocycles. The lowest BCUT2D eigenvalue weighted by Gasteiger charge is -2.42. The van der Waals surface area contributed by atoms with E-state index in [1.165, 1.54) is 43.2 Å². The Kier molecular flexibility index (Phi) is 4.44. The van der Waals surface area contributed by atoms with Crippen LogP contribution in [0.25, 0.3) is 0 Å². The van der Waals surface area contributed by atoms with Gasteiger partial charge in [0.15, 0.2) is 11.5 Å². The van der Waals surface area contributed by atoms with Gasteiger partial charge in [0.2, 0.25) is 0 Å². The second kappa shape index (κ2) is 6.33. The van der Waals surface area contributed by atoms with Crippen LogP contribution >= 0.6 is 0 Å². The smallest absolute Gasteiger partial charge is 0.161 e. The maximum atomic E-state index is 5.52. The normalized spacial score (nSPS) is 22.9. The largest absolute Gasteiger partial charge is 0.493 e. The van der Waals surface area contributed by atoms with E-state index in [4.69, 9.17) is 9.47 Å². The first-order valence-electron chi connectivity index (χ1n) is 8.43. The van der Waals surface area contributed by atoms with E-state index >= 15 is 0 Å². The molecule has 3 rings (SSSR count). The average Bonchev–Trinajstić information content (AvgIpc) is 2.54. The molecule has 3 nitrogen and oxygen atoms in total. The summed E-state index contributed by atoms with van der Waals surface area (Å²) in [5.74, 6) is 1.69. The summed E-state index contributed by atoms with van der Waals surface area (Å²) in [5, 5.41) is 2.63. The molecule has 1 atom stereocenters. The molecule has 0 radical (unpaired) electrons. The standard InChI is InChI=1S/C19H27NO2/c1-4-8-16-15-12-18(22-3)17(21-2)11-14(15)13-19(20-16)9-6-5-7-10-19/h4,11-12,16,20H,1,5-10,13H2,2-3H3/p+1. The third kappa shape index (κ3) is 2.74. The van der Waals surface area contributed by atoms with Gasteiger partial charge in [-0.2, -0.15) is 0 Å². The molecule has 0 aromatic heterocycles. The summed E-state index contributed by atoms with van der Waals surface area (Å²) in [7, 11) is 3.43. The van der Waals surface area contributed by atoms with Gasteiger partial charge in [-0.05, 0) is 30.5 Å². The molecule has 1 fully saturated rings. The van der Waals surface area contributed by atoms with Gasteiger partial charge in [-0.3, -0.25) is 0 Å². The Morgan fingerprint density at radius 3 is 2.50 bits per heavy atom. The topological polar surface area (TPSA) is 35.1 Å². The molecule has 1 aromatic rings. The lowest BCUT2D eigenvalue weighted by atomic mass is 9.72. The molecule has 0 amide bonds. The monoisotopic (exact) mass is 302 g/mol. The number of quaternary nitrogens is 1. The first kappa shape index (κ1) is 15.4. The number of benzene rings is 1. The lowest BCUT2D eigenvalue weighted by molar-refractivity contribution is -0.769. The number of hydrogen-bond acceptors (Lipinski definition) is 2. The Morgan fingerprint density at radius 2 is 1.86 bits per heavy atom. The molecule has 22 heavy (non-hydrogen) atoms. The van der Waals surface area contributed by atoms with Gasteiger partial charge >= 0.3 is 0 Å². The molecule has 1 spiro atoms. The van der Waals surface area contributed by atoms with Crippen LogP contribution < -0.4 is 14.8 Å². The van der Waals surface area contributed by atoms with Crippen LogP contribution in [0.2, 0.25) is 0 Å². The SMILES string of the molecule is C=CCC1[NH2+]C2(CCCCC2)Cc2cc(OC)c(OC)cc21. The van der Waals surface area contributed by atoms with Gasteiger partial charge in [-0.15, -0.1) is 6.58 Å². The van der Waals surface area contributed by atoms with E-state index in [-0.39, 0.29) is 0 Å². The highest BCUT2D eigenvalue weighted by atomic mass is 16.5. The van der Waals surface area contributed by atoms with Gasteiger partial charge in [-0.25, -0.2) is 0 Å². The second-order valence-electron chi connectivity index (χ2n) is 6.80. The minimum atomic E-state index is 0.387. The quantitative estimate of drug-likeness (QED) is 0.867. The van der Waals surface area contributed by atoms with Crippen molar-refractivity contribution in [2.24, 2.45) is 0 Å². The summed E-state index contributed by atoms with van der Waals surface area (Å²) in [4.78, 5) is 0. The summed E-state index contributed by atoms with van der Waals surface area (Å²) in [6.45, 7) is 3.96. The van der Waals surface area contributed by atoms with Gasteiger partial charge in [0, 0.05) is 31.2 Å². The fourth-order valence-corrected chi connectivity index (χ4v) is 4.36. The molecular formula is C19H28NO2+. The van der Waals surface area contributed by atoms with Crippen LogP contribution in [0.1, 0.15) is 55.7 Å². The van der Waals surface area contributed by atoms with E-state index in [0.717, 1.165) is 24.3 Å². The predicted octanol–water partition coefficient (Wildman–Crippen LogP) is 3.14. The highest BCUT2D eigenvalue weighted by molar-refractivity contribution is 5.49. The van der Waals surface area contributed by atoms with Gasteiger partial charge in [0.25, 0.3) is 0 Å². The zero-order valence-electron chi connectivity index (χ0n) is 13.9. The molecule has 3 heteroatoms. The third-order valence-electron chi connectivity index (χ3n) is 5.41. The zero-order chi connectivity index (χ0) is 15.6. The van der Waals surface area contributed by atoms with Crippen molar-refractivity contribution in [1.29, 1.82) is 0 Å². The molecule has 1 aromatic carbocycles. The fourth-order valence-electron chi connectivity index (χ4n) is 4.36. The van der Waals surface area contributed by atoms with Crippen molar-refractivity contribution in [3.05, 3.63) is 35.9 Å². The average molecular weight is 302 g/mol. The van der Waals surface area contributed by atoms with Gasteiger partial charge in [0.1, 0.15) is 11.6 Å². The number of methoxy groups -OCH3 is 2. The number of rotatable bonds is 4. The summed E-state index contributed by atoms with van der Waals surface area (Å²) in [6.07, 6.45) is 11.0. The highest BCUT2D eigenvalue weighted by Crippen LogP contribution is 2.40. The summed E-state index contributed by atoms with van der Waals surface area (Å²) in [5.41, 5.74) is 3.22. The minimum Gasteiger partial charge on any atom is -0.493 e. The van der Waals surface area contributed by atoms with Crippen LogP contribution in [-0.4, -0.2) is 19.8 Å². The zero-order valence-corrected chi connectivity index (χ0v) is 13.9. The van der Waals surface area contributed by atoms with Gasteiger partial charge in [0.05, 0.1) is 14.2 Å². The van der Waals surface area contributed by atoms with Crippen molar-refractivity contribution in [2.45, 2.75) is 56.5 Å². The molecule has 2 aliphatic rings. The van der Waals surface area contributed by atoms with Crippen LogP contribution in [0.3, 0.4) is 0 Å². The Bertz CT molecular complexity index is 547. The molecule has 0 saturated heterocycles. The van der Waals surface area contributed by atoms with E-state index in [2.05, 4.69) is 24.0 Å². The van der Waals surface area contributed by atoms with E-state index in [1.54, 1.807) is 14.2 Å². The number of hydrogen-bond donors (Lipinski definition) is 1. The van der Waals surface area contributed by atoms with Crippen molar-refractivity contribution in [1.82, 2.24) is 0 Å². The molecule has 120 valence electrons. The third-order valence-corrected chi connectivity index (χ3v) is 5.41. The number of nitrogens with two attached hydrogens (primary N) is 1. The van der Waals surface area contributed by atoms with Crippen molar-refractivity contribution in [3.8, 4) is 11.5 Å². The summed E-state index contributed by atoms with van der Waals surface area (Å²) in [6, 6.07) is 4.83. The second-order valence-corrected chi connectivity index (χ2v) is 6.80. The van der Waals surface area contributed by atoms with Crippen molar-refractivity contribution >= 4 is 0 Å². The van der Waals surface area contributed by atoms with Crippen LogP contribution in [0.5, 0.6) is 11.5 Å². The summed E-state index contributed by atoms with van der Waals surface area (Å²) < 4.78 is 11.0. The van der Waals surface area contributed by atoms with Crippen LogP contribution in [0.4, 0.5) is 0 Å². The van der Waals surface area contributed by atoms with Crippen molar-refractivity contribution < 1.29 is 14.8 Å². The highest BCUT2D eigenvalue weighted by Gasteiger charge is 2.43. The first-order chi connectivity index (χ1) is 10.7. The van der Waals surface area contributed by atoms with E-state index in [1.807, 2.05) is 6.08 Å². The fraction of sp³-hybridized carbons (Fsp3) is 0.579. The molecule has 2 N–H and O–H groups in total. The molecule has 1 aliphatic carbocycles. The Balaban J connectivity index is 2.02. The Hall–Kier alpha value is -1.48. The predicted molar refractivity (Wildman–Crippen MR) is 88.5 cm³/mol. The number of fused-ring (bicyclic) bond motifs is 1. The minimum absolute atomic E-state index is 0.387.